The summed E-state index contributed by atoms with van der Waals surface area (Å²) in [7, 11) is 0. The zero-order chi connectivity index (χ0) is 40.7. The van der Waals surface area contributed by atoms with Crippen LogP contribution in [-0.4, -0.2) is 37.2 Å². The fraction of sp³-hybridized carbons (Fsp3) is 0.961. The SMILES string of the molecule is CCCCCCCCCCCCCCCCCCNC(=O)NC1CCC(CC2CCC(NC(=O)NCCCCCCCCCCCCCCCCCC)CC2)CC1. The van der Waals surface area contributed by atoms with Crippen LogP contribution in [0.15, 0.2) is 0 Å². The summed E-state index contributed by atoms with van der Waals surface area (Å²) < 4.78 is 0. The van der Waals surface area contributed by atoms with Crippen molar-refractivity contribution in [3.8, 4) is 0 Å². The van der Waals surface area contributed by atoms with E-state index < -0.39 is 0 Å². The van der Waals surface area contributed by atoms with E-state index in [0.29, 0.717) is 12.1 Å². The second kappa shape index (κ2) is 38.7. The smallest absolute Gasteiger partial charge is 0.315 e. The van der Waals surface area contributed by atoms with Crippen LogP contribution in [0.2, 0.25) is 0 Å². The number of nitrogens with one attached hydrogen (secondary N) is 4. The van der Waals surface area contributed by atoms with Gasteiger partial charge in [-0.2, -0.15) is 0 Å². The lowest BCUT2D eigenvalue weighted by Gasteiger charge is -2.34. The van der Waals surface area contributed by atoms with Crippen LogP contribution in [0.1, 0.15) is 277 Å². The molecule has 0 heterocycles. The van der Waals surface area contributed by atoms with Crippen LogP contribution >= 0.6 is 0 Å². The third-order valence-corrected chi connectivity index (χ3v) is 13.7. The van der Waals surface area contributed by atoms with E-state index in [4.69, 9.17) is 0 Å². The van der Waals surface area contributed by atoms with E-state index in [1.807, 2.05) is 0 Å². The molecular formula is C51H100N4O2. The number of hydrogen-bond donors (Lipinski definition) is 4. The first-order chi connectivity index (χ1) is 28.1. The van der Waals surface area contributed by atoms with E-state index in [0.717, 1.165) is 63.5 Å². The molecule has 0 aromatic carbocycles. The molecule has 0 aliphatic heterocycles. The van der Waals surface area contributed by atoms with Gasteiger partial charge in [0.2, 0.25) is 0 Å². The van der Waals surface area contributed by atoms with E-state index in [1.54, 1.807) is 0 Å². The highest BCUT2D eigenvalue weighted by Crippen LogP contribution is 2.35. The standard InChI is InChI=1S/C51H100N4O2/c1-3-5-7-9-11-13-15-17-19-21-23-25-27-29-31-33-43-52-50(56)54-48-39-35-46(36-40-48)45-47-37-41-49(42-38-47)55-51(57)53-44-34-32-30-28-26-24-22-20-18-16-14-12-10-8-6-4-2/h46-49H,3-45H2,1-2H3,(H2,52,54,56)(H2,53,55,57). The molecule has 2 saturated carbocycles. The molecule has 2 aliphatic carbocycles. The highest BCUT2D eigenvalue weighted by atomic mass is 16.2. The molecule has 4 amide bonds. The van der Waals surface area contributed by atoms with Crippen molar-refractivity contribution in [2.75, 3.05) is 13.1 Å². The Morgan fingerprint density at radius 1 is 0.333 bits per heavy atom. The van der Waals surface area contributed by atoms with Crippen molar-refractivity contribution in [1.82, 2.24) is 21.3 Å². The van der Waals surface area contributed by atoms with Gasteiger partial charge in [-0.3, -0.25) is 0 Å². The Bertz CT molecular complexity index is 812. The molecule has 0 unspecified atom stereocenters. The zero-order valence-corrected chi connectivity index (χ0v) is 38.5. The fourth-order valence-corrected chi connectivity index (χ4v) is 9.78. The van der Waals surface area contributed by atoms with Crippen LogP contribution in [0.25, 0.3) is 0 Å². The van der Waals surface area contributed by atoms with Crippen LogP contribution in [0.3, 0.4) is 0 Å². The average Bonchev–Trinajstić information content (AvgIpc) is 3.21. The summed E-state index contributed by atoms with van der Waals surface area (Å²) in [6.45, 7) is 6.19. The molecule has 2 aliphatic rings. The first kappa shape index (κ1) is 51.7. The monoisotopic (exact) mass is 801 g/mol. The van der Waals surface area contributed by atoms with Crippen LogP contribution < -0.4 is 21.3 Å². The largest absolute Gasteiger partial charge is 0.338 e. The normalized spacial score (nSPS) is 19.7. The number of carbonyl (C=O) groups is 2. The van der Waals surface area contributed by atoms with E-state index in [9.17, 15) is 9.59 Å². The molecule has 0 bridgehead atoms. The molecule has 6 nitrogen and oxygen atoms in total. The van der Waals surface area contributed by atoms with Gasteiger partial charge in [0.05, 0.1) is 0 Å². The van der Waals surface area contributed by atoms with Crippen molar-refractivity contribution in [2.24, 2.45) is 11.8 Å². The van der Waals surface area contributed by atoms with E-state index in [1.165, 1.54) is 225 Å². The van der Waals surface area contributed by atoms with Gasteiger partial charge >= 0.3 is 12.1 Å². The highest BCUT2D eigenvalue weighted by molar-refractivity contribution is 5.74. The van der Waals surface area contributed by atoms with Gasteiger partial charge in [-0.05, 0) is 82.5 Å². The van der Waals surface area contributed by atoms with Crippen molar-refractivity contribution in [3.05, 3.63) is 0 Å². The van der Waals surface area contributed by atoms with Crippen molar-refractivity contribution in [1.29, 1.82) is 0 Å². The predicted octanol–water partition coefficient (Wildman–Crippen LogP) is 15.6. The van der Waals surface area contributed by atoms with Crippen LogP contribution in [0.4, 0.5) is 9.59 Å². The molecule has 0 aromatic heterocycles. The number of rotatable bonds is 38. The molecule has 0 radical (unpaired) electrons. The highest BCUT2D eigenvalue weighted by Gasteiger charge is 2.28. The van der Waals surface area contributed by atoms with E-state index in [-0.39, 0.29) is 12.1 Å². The second-order valence-electron chi connectivity index (χ2n) is 19.1. The summed E-state index contributed by atoms with van der Waals surface area (Å²) in [6, 6.07) is 0.757. The van der Waals surface area contributed by atoms with Crippen molar-refractivity contribution in [2.45, 2.75) is 289 Å². The van der Waals surface area contributed by atoms with Gasteiger partial charge in [0.1, 0.15) is 0 Å². The van der Waals surface area contributed by atoms with Gasteiger partial charge in [-0.15, -0.1) is 0 Å². The minimum atomic E-state index is 0.0410. The summed E-state index contributed by atoms with van der Waals surface area (Å²) in [5, 5.41) is 12.8. The Balaban J connectivity index is 1.31. The average molecular weight is 801 g/mol. The maximum Gasteiger partial charge on any atom is 0.315 e. The Hall–Kier alpha value is -1.46. The van der Waals surface area contributed by atoms with Gasteiger partial charge < -0.3 is 21.3 Å². The summed E-state index contributed by atoms with van der Waals surface area (Å²) >= 11 is 0. The van der Waals surface area contributed by atoms with Gasteiger partial charge in [-0.25, -0.2) is 9.59 Å². The Morgan fingerprint density at radius 3 is 0.807 bits per heavy atom. The molecule has 0 saturated heterocycles. The molecule has 57 heavy (non-hydrogen) atoms. The number of amides is 4. The van der Waals surface area contributed by atoms with Gasteiger partial charge in [0, 0.05) is 25.2 Å². The van der Waals surface area contributed by atoms with Crippen molar-refractivity contribution >= 4 is 12.1 Å². The summed E-state index contributed by atoms with van der Waals surface area (Å²) in [6.07, 6.45) is 54.8. The minimum absolute atomic E-state index is 0.0410. The van der Waals surface area contributed by atoms with Crippen LogP contribution in [0.5, 0.6) is 0 Å². The predicted molar refractivity (Wildman–Crippen MR) is 248 cm³/mol. The summed E-state index contributed by atoms with van der Waals surface area (Å²) in [4.78, 5) is 25.0. The molecule has 4 N–H and O–H groups in total. The number of unbranched alkanes of at least 4 members (excludes halogenated alkanes) is 30. The third kappa shape index (κ3) is 32.0. The third-order valence-electron chi connectivity index (χ3n) is 13.7. The topological polar surface area (TPSA) is 82.3 Å². The van der Waals surface area contributed by atoms with Crippen LogP contribution in [0, 0.1) is 11.8 Å². The molecule has 0 aromatic rings. The maximum absolute atomic E-state index is 12.5. The Morgan fingerprint density at radius 2 is 0.561 bits per heavy atom. The first-order valence-corrected chi connectivity index (χ1v) is 26.2. The van der Waals surface area contributed by atoms with Crippen molar-refractivity contribution in [3.63, 3.8) is 0 Å². The van der Waals surface area contributed by atoms with Crippen LogP contribution in [-0.2, 0) is 0 Å². The lowest BCUT2D eigenvalue weighted by atomic mass is 9.75. The zero-order valence-electron chi connectivity index (χ0n) is 38.5. The lowest BCUT2D eigenvalue weighted by molar-refractivity contribution is 0.198. The lowest BCUT2D eigenvalue weighted by Crippen LogP contribution is -2.44. The molecule has 0 spiro atoms. The number of carbonyl (C=O) groups excluding carboxylic acids is 2. The molecule has 2 fully saturated rings. The molecule has 6 heteroatoms. The molecule has 0 atom stereocenters. The van der Waals surface area contributed by atoms with E-state index in [2.05, 4.69) is 35.1 Å². The van der Waals surface area contributed by atoms with Gasteiger partial charge in [0.15, 0.2) is 0 Å². The Kier molecular flexibility index (Phi) is 35.1. The van der Waals surface area contributed by atoms with E-state index >= 15 is 0 Å². The van der Waals surface area contributed by atoms with Crippen molar-refractivity contribution < 1.29 is 9.59 Å². The van der Waals surface area contributed by atoms with Gasteiger partial charge in [0.25, 0.3) is 0 Å². The molecular weight excluding hydrogens is 701 g/mol. The minimum Gasteiger partial charge on any atom is -0.338 e. The molecule has 2 rings (SSSR count). The first-order valence-electron chi connectivity index (χ1n) is 26.2. The quantitative estimate of drug-likeness (QED) is 0.0469. The van der Waals surface area contributed by atoms with Gasteiger partial charge in [-0.1, -0.05) is 206 Å². The molecule has 336 valence electrons. The fourth-order valence-electron chi connectivity index (χ4n) is 9.78. The summed E-state index contributed by atoms with van der Waals surface area (Å²) in [5.41, 5.74) is 0. The number of urea groups is 2. The number of hydrogen-bond acceptors (Lipinski definition) is 2. The Labute approximate surface area is 355 Å². The second-order valence-corrected chi connectivity index (χ2v) is 19.1. The summed E-state index contributed by atoms with van der Waals surface area (Å²) in [5.74, 6) is 1.60. The maximum atomic E-state index is 12.5.